The van der Waals surface area contributed by atoms with Gasteiger partial charge in [-0.05, 0) is 55.5 Å². The molecule has 0 aliphatic carbocycles. The van der Waals surface area contributed by atoms with E-state index in [2.05, 4.69) is 17.3 Å². The van der Waals surface area contributed by atoms with Crippen molar-refractivity contribution in [2.24, 2.45) is 0 Å². The normalized spacial score (nSPS) is 16.3. The van der Waals surface area contributed by atoms with Gasteiger partial charge < -0.3 is 5.32 Å². The molecule has 6 heteroatoms. The molecular formula is C20H19N3O2S. The number of fused-ring (bicyclic) bond motifs is 1. The van der Waals surface area contributed by atoms with Crippen LogP contribution in [0.25, 0.3) is 5.69 Å². The zero-order valence-electron chi connectivity index (χ0n) is 14.9. The fourth-order valence-corrected chi connectivity index (χ4v) is 4.13. The van der Waals surface area contributed by atoms with E-state index in [1.54, 1.807) is 4.68 Å². The van der Waals surface area contributed by atoms with Crippen LogP contribution in [0, 0.1) is 20.8 Å². The first-order valence-electron chi connectivity index (χ1n) is 8.50. The number of hydrogen-bond donors (Lipinski definition) is 1. The number of rotatable bonds is 3. The van der Waals surface area contributed by atoms with Crippen LogP contribution in [-0.4, -0.2) is 21.5 Å². The van der Waals surface area contributed by atoms with Crippen molar-refractivity contribution in [1.29, 1.82) is 0 Å². The van der Waals surface area contributed by atoms with Crippen LogP contribution in [0.3, 0.4) is 0 Å². The molecule has 3 heterocycles. The second kappa shape index (κ2) is 6.21. The zero-order valence-corrected chi connectivity index (χ0v) is 15.7. The number of ketones is 1. The molecule has 1 atom stereocenters. The largest absolute Gasteiger partial charge is 0.310 e. The molecule has 0 saturated carbocycles. The Balaban J connectivity index is 1.84. The number of amides is 1. The van der Waals surface area contributed by atoms with E-state index in [0.29, 0.717) is 10.7 Å². The monoisotopic (exact) mass is 365 g/mol. The molecule has 1 aliphatic heterocycles. The molecule has 0 spiro atoms. The van der Waals surface area contributed by atoms with E-state index < -0.39 is 5.92 Å². The van der Waals surface area contributed by atoms with Crippen molar-refractivity contribution >= 4 is 28.8 Å². The fourth-order valence-electron chi connectivity index (χ4n) is 3.41. The average Bonchev–Trinajstić information content (AvgIpc) is 3.25. The Morgan fingerprint density at radius 3 is 2.73 bits per heavy atom. The summed E-state index contributed by atoms with van der Waals surface area (Å²) in [5.41, 5.74) is 4.82. The third kappa shape index (κ3) is 2.66. The van der Waals surface area contributed by atoms with E-state index in [9.17, 15) is 9.59 Å². The molecule has 2 aromatic heterocycles. The Bertz CT molecular complexity index is 1020. The molecule has 1 amide bonds. The lowest BCUT2D eigenvalue weighted by Gasteiger charge is -2.22. The predicted molar refractivity (Wildman–Crippen MR) is 102 cm³/mol. The Labute approximate surface area is 155 Å². The molecule has 26 heavy (non-hydrogen) atoms. The van der Waals surface area contributed by atoms with Gasteiger partial charge in [-0.1, -0.05) is 12.1 Å². The fraction of sp³-hybridized carbons (Fsp3) is 0.250. The van der Waals surface area contributed by atoms with E-state index >= 15 is 0 Å². The number of aryl methyl sites for hydroxylation is 3. The summed E-state index contributed by atoms with van der Waals surface area (Å²) in [5.74, 6) is -0.0502. The summed E-state index contributed by atoms with van der Waals surface area (Å²) >= 11 is 1.40. The van der Waals surface area contributed by atoms with Gasteiger partial charge in [0.1, 0.15) is 5.82 Å². The minimum Gasteiger partial charge on any atom is -0.310 e. The van der Waals surface area contributed by atoms with Gasteiger partial charge in [0.25, 0.3) is 0 Å². The van der Waals surface area contributed by atoms with Crippen LogP contribution in [0.5, 0.6) is 0 Å². The Kier molecular flexibility index (Phi) is 4.00. The van der Waals surface area contributed by atoms with E-state index in [1.165, 1.54) is 16.9 Å². The molecular weight excluding hydrogens is 346 g/mol. The molecule has 0 saturated heterocycles. The second-order valence-electron chi connectivity index (χ2n) is 6.67. The van der Waals surface area contributed by atoms with Gasteiger partial charge in [0.2, 0.25) is 5.91 Å². The number of Topliss-reactive ketones (excluding diaryl/α,β-unsaturated/α-hetero) is 1. The van der Waals surface area contributed by atoms with Crippen LogP contribution < -0.4 is 5.32 Å². The second-order valence-corrected chi connectivity index (χ2v) is 7.62. The van der Waals surface area contributed by atoms with E-state index in [4.69, 9.17) is 0 Å². The van der Waals surface area contributed by atoms with Crippen LogP contribution in [0.1, 0.15) is 44.4 Å². The lowest BCUT2D eigenvalue weighted by Crippen LogP contribution is -2.28. The number of hydrogen-bond acceptors (Lipinski definition) is 4. The highest BCUT2D eigenvalue weighted by atomic mass is 32.1. The number of benzene rings is 1. The topological polar surface area (TPSA) is 64.0 Å². The van der Waals surface area contributed by atoms with Crippen LogP contribution >= 0.6 is 11.3 Å². The maximum absolute atomic E-state index is 13.0. The smallest absolute Gasteiger partial charge is 0.226 e. The van der Waals surface area contributed by atoms with Crippen LogP contribution in [0.2, 0.25) is 0 Å². The molecule has 132 valence electrons. The molecule has 4 rings (SSSR count). The van der Waals surface area contributed by atoms with Crippen molar-refractivity contribution in [2.45, 2.75) is 33.1 Å². The van der Waals surface area contributed by atoms with Gasteiger partial charge in [-0.25, -0.2) is 4.68 Å². The number of carbonyl (C=O) groups excluding carboxylic acids is 2. The highest BCUT2D eigenvalue weighted by Gasteiger charge is 2.36. The number of nitrogens with one attached hydrogen (secondary N) is 1. The van der Waals surface area contributed by atoms with Crippen LogP contribution in [0.15, 0.2) is 35.7 Å². The molecule has 5 nitrogen and oxygen atoms in total. The molecule has 1 N–H and O–H groups in total. The van der Waals surface area contributed by atoms with Gasteiger partial charge in [0.15, 0.2) is 5.78 Å². The summed E-state index contributed by atoms with van der Waals surface area (Å²) in [6.45, 7) is 5.99. The van der Waals surface area contributed by atoms with Gasteiger partial charge in [0.05, 0.1) is 22.2 Å². The quantitative estimate of drug-likeness (QED) is 0.709. The van der Waals surface area contributed by atoms with Crippen LogP contribution in [-0.2, 0) is 4.79 Å². The van der Waals surface area contributed by atoms with Crippen molar-refractivity contribution in [3.8, 4) is 5.69 Å². The zero-order chi connectivity index (χ0) is 18.4. The molecule has 0 bridgehead atoms. The third-order valence-electron chi connectivity index (χ3n) is 4.92. The molecule has 0 fully saturated rings. The average molecular weight is 365 g/mol. The van der Waals surface area contributed by atoms with Crippen molar-refractivity contribution < 1.29 is 9.59 Å². The predicted octanol–water partition coefficient (Wildman–Crippen LogP) is 4.17. The SMILES string of the molecule is Cc1ccc(-n2nc(C)c3c2NC(=O)C[C@H]3C(=O)c2cccs2)cc1C. The highest BCUT2D eigenvalue weighted by Crippen LogP contribution is 2.38. The first-order chi connectivity index (χ1) is 12.5. The minimum atomic E-state index is -0.488. The number of nitrogens with zero attached hydrogens (tertiary/aromatic N) is 2. The molecule has 1 aromatic carbocycles. The van der Waals surface area contributed by atoms with Gasteiger partial charge in [0, 0.05) is 12.0 Å². The van der Waals surface area contributed by atoms with Crippen LogP contribution in [0.4, 0.5) is 5.82 Å². The lowest BCUT2D eigenvalue weighted by molar-refractivity contribution is -0.116. The summed E-state index contributed by atoms with van der Waals surface area (Å²) in [5, 5.41) is 9.44. The first-order valence-corrected chi connectivity index (χ1v) is 9.38. The third-order valence-corrected chi connectivity index (χ3v) is 5.80. The van der Waals surface area contributed by atoms with Crippen molar-refractivity contribution in [1.82, 2.24) is 9.78 Å². The maximum atomic E-state index is 13.0. The number of thiophene rings is 1. The molecule has 1 aliphatic rings. The van der Waals surface area contributed by atoms with Gasteiger partial charge in [-0.3, -0.25) is 9.59 Å². The Morgan fingerprint density at radius 1 is 1.23 bits per heavy atom. The number of aromatic nitrogens is 2. The Hall–Kier alpha value is -2.73. The molecule has 3 aromatic rings. The summed E-state index contributed by atoms with van der Waals surface area (Å²) < 4.78 is 1.74. The van der Waals surface area contributed by atoms with E-state index in [1.807, 2.05) is 49.6 Å². The summed E-state index contributed by atoms with van der Waals surface area (Å²) in [4.78, 5) is 26.0. The van der Waals surface area contributed by atoms with Gasteiger partial charge in [-0.15, -0.1) is 11.3 Å². The number of anilines is 1. The summed E-state index contributed by atoms with van der Waals surface area (Å²) in [6.07, 6.45) is 0.156. The van der Waals surface area contributed by atoms with Crippen molar-refractivity contribution in [3.63, 3.8) is 0 Å². The van der Waals surface area contributed by atoms with E-state index in [-0.39, 0.29) is 18.1 Å². The summed E-state index contributed by atoms with van der Waals surface area (Å²) in [7, 11) is 0. The number of carbonyl (C=O) groups is 2. The van der Waals surface area contributed by atoms with E-state index in [0.717, 1.165) is 22.5 Å². The van der Waals surface area contributed by atoms with Gasteiger partial charge in [-0.2, -0.15) is 5.10 Å². The maximum Gasteiger partial charge on any atom is 0.226 e. The van der Waals surface area contributed by atoms with Gasteiger partial charge >= 0.3 is 0 Å². The molecule has 0 unspecified atom stereocenters. The minimum absolute atomic E-state index is 0.0150. The Morgan fingerprint density at radius 2 is 2.04 bits per heavy atom. The lowest BCUT2D eigenvalue weighted by atomic mass is 9.87. The molecule has 0 radical (unpaired) electrons. The first kappa shape index (κ1) is 16.7. The van der Waals surface area contributed by atoms with Crippen molar-refractivity contribution in [2.75, 3.05) is 5.32 Å². The summed E-state index contributed by atoms with van der Waals surface area (Å²) in [6, 6.07) is 9.72. The standard InChI is InChI=1S/C20H19N3O2S/c1-11-6-7-14(9-12(11)2)23-20-18(13(3)22-23)15(10-17(24)21-20)19(25)16-5-4-8-26-16/h4-9,15H,10H2,1-3H3,(H,21,24)/t15-/m1/s1. The highest BCUT2D eigenvalue weighted by molar-refractivity contribution is 7.12. The van der Waals surface area contributed by atoms with Crippen molar-refractivity contribution in [3.05, 3.63) is 63.0 Å².